The molecule has 55 heavy (non-hydrogen) atoms. The van der Waals surface area contributed by atoms with E-state index in [-0.39, 0.29) is 24.9 Å². The van der Waals surface area contributed by atoms with Crippen molar-refractivity contribution >= 4 is 11.9 Å². The molecule has 3 atom stereocenters. The molecule has 3 N–H and O–H groups in total. The summed E-state index contributed by atoms with van der Waals surface area (Å²) in [5.74, 6) is -0.587. The Bertz CT molecular complexity index is 1130. The van der Waals surface area contributed by atoms with Gasteiger partial charge in [-0.25, -0.2) is 0 Å². The minimum absolute atomic E-state index is 0.0132. The van der Waals surface area contributed by atoms with Crippen LogP contribution in [-0.2, 0) is 14.3 Å². The fourth-order valence-corrected chi connectivity index (χ4v) is 6.00. The number of esters is 1. The first-order valence-electron chi connectivity index (χ1n) is 22.0. The van der Waals surface area contributed by atoms with Gasteiger partial charge in [0.15, 0.2) is 0 Å². The maximum atomic E-state index is 13.1. The third-order valence-electron chi connectivity index (χ3n) is 9.29. The molecule has 0 aromatic carbocycles. The third kappa shape index (κ3) is 37.5. The first-order valence-corrected chi connectivity index (χ1v) is 22.0. The number of aliphatic hydroxyl groups excluding tert-OH is 2. The summed E-state index contributed by atoms with van der Waals surface area (Å²) in [6.07, 6.45) is 54.7. The molecule has 0 saturated carbocycles. The molecule has 6 heteroatoms. The van der Waals surface area contributed by atoms with Crippen molar-refractivity contribution in [3.63, 3.8) is 0 Å². The van der Waals surface area contributed by atoms with E-state index >= 15 is 0 Å². The second kappa shape index (κ2) is 41.9. The van der Waals surface area contributed by atoms with E-state index in [1.54, 1.807) is 0 Å². The molecule has 0 spiro atoms. The fourth-order valence-electron chi connectivity index (χ4n) is 6.00. The smallest absolute Gasteiger partial charge is 0.306 e. The number of ether oxygens (including phenoxy) is 1. The average molecular weight is 764 g/mol. The Morgan fingerprint density at radius 1 is 0.564 bits per heavy atom. The van der Waals surface area contributed by atoms with Crippen LogP contribution in [0.25, 0.3) is 0 Å². The number of amides is 1. The van der Waals surface area contributed by atoms with Gasteiger partial charge in [0.25, 0.3) is 0 Å². The maximum Gasteiger partial charge on any atom is 0.306 e. The Hall–Kier alpha value is -3.22. The molecule has 0 fully saturated rings. The lowest BCUT2D eigenvalue weighted by Gasteiger charge is -2.24. The highest BCUT2D eigenvalue weighted by atomic mass is 16.5. The molecular formula is C49H81NO5. The van der Waals surface area contributed by atoms with Crippen molar-refractivity contribution in [1.29, 1.82) is 0 Å². The highest BCUT2D eigenvalue weighted by Gasteiger charge is 2.23. The first kappa shape index (κ1) is 51.8. The highest BCUT2D eigenvalue weighted by molar-refractivity contribution is 5.77. The van der Waals surface area contributed by atoms with Crippen LogP contribution in [0.3, 0.4) is 0 Å². The van der Waals surface area contributed by atoms with Crippen LogP contribution < -0.4 is 5.32 Å². The van der Waals surface area contributed by atoms with Crippen molar-refractivity contribution in [3.05, 3.63) is 97.2 Å². The Kier molecular flexibility index (Phi) is 39.5. The van der Waals surface area contributed by atoms with Gasteiger partial charge in [-0.15, -0.1) is 0 Å². The molecule has 0 saturated heterocycles. The minimum Gasteiger partial charge on any atom is -0.462 e. The van der Waals surface area contributed by atoms with E-state index in [0.29, 0.717) is 19.3 Å². The van der Waals surface area contributed by atoms with Gasteiger partial charge < -0.3 is 20.3 Å². The predicted octanol–water partition coefficient (Wildman–Crippen LogP) is 12.6. The molecule has 0 rings (SSSR count). The second-order valence-electron chi connectivity index (χ2n) is 14.5. The van der Waals surface area contributed by atoms with Gasteiger partial charge in [0.05, 0.1) is 25.2 Å². The van der Waals surface area contributed by atoms with Gasteiger partial charge in [0, 0.05) is 6.42 Å². The molecule has 0 bridgehead atoms. The topological polar surface area (TPSA) is 95.9 Å². The fraction of sp³-hybridized carbons (Fsp3) is 0.633. The number of carbonyl (C=O) groups excluding carboxylic acids is 2. The summed E-state index contributed by atoms with van der Waals surface area (Å²) in [5.41, 5.74) is 0. The second-order valence-corrected chi connectivity index (χ2v) is 14.5. The molecule has 0 aliphatic heterocycles. The van der Waals surface area contributed by atoms with Gasteiger partial charge in [-0.1, -0.05) is 189 Å². The molecule has 1 amide bonds. The normalized spacial score (nSPS) is 14.3. The summed E-state index contributed by atoms with van der Waals surface area (Å²) in [6, 6.07) is -0.732. The van der Waals surface area contributed by atoms with E-state index < -0.39 is 18.2 Å². The summed E-state index contributed by atoms with van der Waals surface area (Å²) in [6.45, 7) is 6.15. The lowest BCUT2D eigenvalue weighted by molar-refractivity contribution is -0.151. The van der Waals surface area contributed by atoms with E-state index in [2.05, 4.69) is 74.7 Å². The van der Waals surface area contributed by atoms with E-state index in [1.807, 2.05) is 48.6 Å². The molecule has 6 nitrogen and oxygen atoms in total. The van der Waals surface area contributed by atoms with Gasteiger partial charge in [0.2, 0.25) is 5.91 Å². The summed E-state index contributed by atoms with van der Waals surface area (Å²) < 4.78 is 5.85. The molecule has 0 aliphatic rings. The van der Waals surface area contributed by atoms with Crippen molar-refractivity contribution in [2.75, 3.05) is 6.61 Å². The number of unbranched alkanes of at least 4 members (excludes halogenated alkanes) is 13. The Labute approximate surface area is 337 Å². The summed E-state index contributed by atoms with van der Waals surface area (Å²) in [5, 5.41) is 23.5. The van der Waals surface area contributed by atoms with E-state index in [9.17, 15) is 19.8 Å². The zero-order valence-electron chi connectivity index (χ0n) is 35.3. The minimum atomic E-state index is -0.813. The van der Waals surface area contributed by atoms with Crippen molar-refractivity contribution < 1.29 is 24.5 Å². The molecular weight excluding hydrogens is 683 g/mol. The molecule has 0 aromatic rings. The van der Waals surface area contributed by atoms with Crippen LogP contribution in [0.1, 0.15) is 175 Å². The first-order chi connectivity index (χ1) is 27.0. The summed E-state index contributed by atoms with van der Waals surface area (Å²) in [7, 11) is 0. The maximum absolute atomic E-state index is 13.1. The van der Waals surface area contributed by atoms with Crippen molar-refractivity contribution in [1.82, 2.24) is 5.32 Å². The standard InChI is InChI=1S/C49H81NO5/c1-4-7-10-13-16-19-21-23-25-27-30-33-36-39-42-49(54)55-45(40-37-34-31-29-26-24-22-20-17-14-11-8-5-2)43-48(53)50-46(44-51)47(52)41-38-35-32-28-18-15-12-9-6-3/h7-8,10-11,14,16-17,19-20,22-26,29,31,45-47,51-52H,4-6,9,12-13,15,18,21,27-28,30,32-44H2,1-3H3,(H,50,53)/b10-7+,11-8+,17-14+,19-16+,22-20-,25-23+,26-24-,31-29+. The van der Waals surface area contributed by atoms with Gasteiger partial charge in [0.1, 0.15) is 6.10 Å². The van der Waals surface area contributed by atoms with E-state index in [0.717, 1.165) is 89.9 Å². The summed E-state index contributed by atoms with van der Waals surface area (Å²) in [4.78, 5) is 25.9. The SMILES string of the molecule is CC/C=C/C=C/C=C\C=C/C=C/CCCC(CC(=O)NC(CO)C(O)CCCCCCCCCCC)OC(=O)CCCCCC/C=C/C/C=C/C/C=C/CC. The van der Waals surface area contributed by atoms with Crippen molar-refractivity contribution in [3.8, 4) is 0 Å². The van der Waals surface area contributed by atoms with Crippen LogP contribution in [0.5, 0.6) is 0 Å². The Morgan fingerprint density at radius 2 is 1.09 bits per heavy atom. The predicted molar refractivity (Wildman–Crippen MR) is 236 cm³/mol. The van der Waals surface area contributed by atoms with Gasteiger partial charge >= 0.3 is 5.97 Å². The number of allylic oxidation sites excluding steroid dienone is 16. The van der Waals surface area contributed by atoms with Gasteiger partial charge in [-0.3, -0.25) is 9.59 Å². The number of aliphatic hydroxyl groups is 2. The third-order valence-corrected chi connectivity index (χ3v) is 9.29. The number of nitrogens with one attached hydrogen (secondary N) is 1. The van der Waals surface area contributed by atoms with Crippen LogP contribution in [0, 0.1) is 0 Å². The molecule has 0 radical (unpaired) electrons. The number of hydrogen-bond acceptors (Lipinski definition) is 5. The highest BCUT2D eigenvalue weighted by Crippen LogP contribution is 2.16. The largest absolute Gasteiger partial charge is 0.462 e. The number of carbonyl (C=O) groups is 2. The monoisotopic (exact) mass is 764 g/mol. The van der Waals surface area contributed by atoms with Crippen LogP contribution >= 0.6 is 0 Å². The Morgan fingerprint density at radius 3 is 1.73 bits per heavy atom. The Balaban J connectivity index is 4.81. The quantitative estimate of drug-likeness (QED) is 0.0253. The summed E-state index contributed by atoms with van der Waals surface area (Å²) >= 11 is 0. The van der Waals surface area contributed by atoms with Crippen molar-refractivity contribution in [2.45, 2.75) is 193 Å². The van der Waals surface area contributed by atoms with E-state index in [4.69, 9.17) is 4.74 Å². The average Bonchev–Trinajstić information content (AvgIpc) is 3.18. The van der Waals surface area contributed by atoms with Gasteiger partial charge in [-0.05, 0) is 70.6 Å². The molecule has 0 heterocycles. The van der Waals surface area contributed by atoms with Gasteiger partial charge in [-0.2, -0.15) is 0 Å². The number of hydrogen-bond donors (Lipinski definition) is 3. The molecule has 0 aromatic heterocycles. The molecule has 3 unspecified atom stereocenters. The molecule has 0 aliphatic carbocycles. The van der Waals surface area contributed by atoms with Crippen molar-refractivity contribution in [2.24, 2.45) is 0 Å². The zero-order chi connectivity index (χ0) is 40.3. The van der Waals surface area contributed by atoms with Crippen LogP contribution in [0.15, 0.2) is 97.2 Å². The van der Waals surface area contributed by atoms with Crippen LogP contribution in [0.4, 0.5) is 0 Å². The van der Waals surface area contributed by atoms with E-state index in [1.165, 1.54) is 38.5 Å². The number of rotatable bonds is 37. The lowest BCUT2D eigenvalue weighted by Crippen LogP contribution is -2.46. The lowest BCUT2D eigenvalue weighted by atomic mass is 10.0. The molecule has 312 valence electrons. The van der Waals surface area contributed by atoms with Crippen LogP contribution in [-0.4, -0.2) is 46.9 Å². The zero-order valence-corrected chi connectivity index (χ0v) is 35.3. The van der Waals surface area contributed by atoms with Crippen LogP contribution in [0.2, 0.25) is 0 Å².